The van der Waals surface area contributed by atoms with E-state index in [0.29, 0.717) is 25.9 Å². The molecule has 4 nitrogen and oxygen atoms in total. The van der Waals surface area contributed by atoms with E-state index in [1.54, 1.807) is 13.8 Å². The highest BCUT2D eigenvalue weighted by Gasteiger charge is 2.29. The van der Waals surface area contributed by atoms with E-state index in [1.165, 1.54) is 4.31 Å². The van der Waals surface area contributed by atoms with Gasteiger partial charge in [-0.2, -0.15) is 0 Å². The number of hydrogen-bond acceptors (Lipinski definition) is 3. The lowest BCUT2D eigenvalue weighted by Crippen LogP contribution is -2.32. The topological polar surface area (TPSA) is 57.6 Å². The third-order valence-electron chi connectivity index (χ3n) is 2.18. The van der Waals surface area contributed by atoms with Gasteiger partial charge in [0.1, 0.15) is 0 Å². The van der Waals surface area contributed by atoms with Gasteiger partial charge in [-0.15, -0.1) is 0 Å². The normalized spacial score (nSPS) is 23.6. The number of nitrogens with zero attached hydrogens (tertiary/aromatic N) is 1. The summed E-state index contributed by atoms with van der Waals surface area (Å²) in [5.41, 5.74) is -0.780. The molecule has 13 heavy (non-hydrogen) atoms. The predicted octanol–water partition coefficient (Wildman–Crippen LogP) is 0.183. The maximum absolute atomic E-state index is 11.3. The van der Waals surface area contributed by atoms with E-state index in [9.17, 15) is 13.5 Å². The van der Waals surface area contributed by atoms with Crippen molar-refractivity contribution in [2.24, 2.45) is 0 Å². The number of hydrogen-bond donors (Lipinski definition) is 1. The molecule has 5 heteroatoms. The molecule has 0 aromatic carbocycles. The van der Waals surface area contributed by atoms with Gasteiger partial charge in [0.05, 0.1) is 11.4 Å². The fourth-order valence-corrected chi connectivity index (χ4v) is 2.87. The maximum atomic E-state index is 11.3. The zero-order valence-electron chi connectivity index (χ0n) is 8.15. The van der Waals surface area contributed by atoms with E-state index in [0.717, 1.165) is 0 Å². The van der Waals surface area contributed by atoms with Gasteiger partial charge in [0.15, 0.2) is 0 Å². The van der Waals surface area contributed by atoms with Crippen LogP contribution in [0.1, 0.15) is 26.7 Å². The van der Waals surface area contributed by atoms with Crippen molar-refractivity contribution in [2.45, 2.75) is 32.3 Å². The minimum absolute atomic E-state index is 0.263. The Bertz CT molecular complexity index is 266. The molecule has 0 amide bonds. The van der Waals surface area contributed by atoms with Crippen LogP contribution in [0.2, 0.25) is 0 Å². The quantitative estimate of drug-likeness (QED) is 0.718. The maximum Gasteiger partial charge on any atom is 0.214 e. The summed E-state index contributed by atoms with van der Waals surface area (Å²) in [5.74, 6) is 0.263. The summed E-state index contributed by atoms with van der Waals surface area (Å²) in [6, 6.07) is 0. The molecule has 1 aliphatic heterocycles. The van der Waals surface area contributed by atoms with E-state index >= 15 is 0 Å². The van der Waals surface area contributed by atoms with Gasteiger partial charge in [-0.1, -0.05) is 0 Å². The van der Waals surface area contributed by atoms with Crippen LogP contribution in [0, 0.1) is 0 Å². The SMILES string of the molecule is CC(C)(O)CCN1CCCS1(=O)=O. The third kappa shape index (κ3) is 3.25. The van der Waals surface area contributed by atoms with Crippen LogP contribution in [0.4, 0.5) is 0 Å². The largest absolute Gasteiger partial charge is 0.390 e. The fourth-order valence-electron chi connectivity index (χ4n) is 1.34. The van der Waals surface area contributed by atoms with Crippen LogP contribution in [0.3, 0.4) is 0 Å². The molecule has 1 heterocycles. The lowest BCUT2D eigenvalue weighted by Gasteiger charge is -2.21. The second-order valence-corrected chi connectivity index (χ2v) is 6.22. The molecule has 1 aliphatic rings. The second kappa shape index (κ2) is 3.55. The van der Waals surface area contributed by atoms with Crippen molar-refractivity contribution in [3.05, 3.63) is 0 Å². The van der Waals surface area contributed by atoms with Crippen LogP contribution < -0.4 is 0 Å². The minimum Gasteiger partial charge on any atom is -0.390 e. The molecule has 0 spiro atoms. The van der Waals surface area contributed by atoms with Crippen LogP contribution in [0.5, 0.6) is 0 Å². The van der Waals surface area contributed by atoms with Crippen LogP contribution in [-0.2, 0) is 10.0 Å². The first-order chi connectivity index (χ1) is 5.81. The van der Waals surface area contributed by atoms with Crippen molar-refractivity contribution < 1.29 is 13.5 Å². The van der Waals surface area contributed by atoms with E-state index in [1.807, 2.05) is 0 Å². The summed E-state index contributed by atoms with van der Waals surface area (Å²) >= 11 is 0. The highest BCUT2D eigenvalue weighted by atomic mass is 32.2. The lowest BCUT2D eigenvalue weighted by molar-refractivity contribution is 0.0661. The van der Waals surface area contributed by atoms with Gasteiger partial charge in [-0.25, -0.2) is 12.7 Å². The Balaban J connectivity index is 2.47. The van der Waals surface area contributed by atoms with Crippen molar-refractivity contribution in [1.82, 2.24) is 4.31 Å². The summed E-state index contributed by atoms with van der Waals surface area (Å²) in [7, 11) is -2.99. The molecule has 0 aliphatic carbocycles. The van der Waals surface area contributed by atoms with Crippen LogP contribution >= 0.6 is 0 Å². The summed E-state index contributed by atoms with van der Waals surface area (Å²) in [4.78, 5) is 0. The van der Waals surface area contributed by atoms with Crippen molar-refractivity contribution in [3.63, 3.8) is 0 Å². The molecule has 1 saturated heterocycles. The Kier molecular flexibility index (Phi) is 2.99. The molecule has 0 atom stereocenters. The summed E-state index contributed by atoms with van der Waals surface area (Å²) < 4.78 is 24.1. The highest BCUT2D eigenvalue weighted by Crippen LogP contribution is 2.16. The molecule has 0 unspecified atom stereocenters. The molecule has 0 saturated carbocycles. The van der Waals surface area contributed by atoms with Crippen LogP contribution in [-0.4, -0.2) is 42.3 Å². The summed E-state index contributed by atoms with van der Waals surface area (Å²) in [5, 5.41) is 9.43. The molecule has 0 radical (unpaired) electrons. The predicted molar refractivity (Wildman–Crippen MR) is 50.9 cm³/mol. The molecule has 0 aromatic rings. The second-order valence-electron chi connectivity index (χ2n) is 4.13. The monoisotopic (exact) mass is 207 g/mol. The zero-order chi connectivity index (χ0) is 10.1. The Morgan fingerprint density at radius 3 is 2.46 bits per heavy atom. The molecule has 1 fully saturated rings. The summed E-state index contributed by atoms with van der Waals surface area (Å²) in [6.45, 7) is 4.43. The molecule has 1 N–H and O–H groups in total. The summed E-state index contributed by atoms with van der Waals surface area (Å²) in [6.07, 6.45) is 1.21. The Morgan fingerprint density at radius 2 is 2.08 bits per heavy atom. The first kappa shape index (κ1) is 10.9. The molecule has 1 rings (SSSR count). The lowest BCUT2D eigenvalue weighted by atomic mass is 10.1. The van der Waals surface area contributed by atoms with E-state index in [-0.39, 0.29) is 5.75 Å². The van der Waals surface area contributed by atoms with Crippen molar-refractivity contribution >= 4 is 10.0 Å². The average molecular weight is 207 g/mol. The molecular weight excluding hydrogens is 190 g/mol. The van der Waals surface area contributed by atoms with Crippen molar-refractivity contribution in [1.29, 1.82) is 0 Å². The van der Waals surface area contributed by atoms with Crippen molar-refractivity contribution in [3.8, 4) is 0 Å². The standard InChI is InChI=1S/C8H17NO3S/c1-8(2,10)4-6-9-5-3-7-13(9,11)12/h10H,3-7H2,1-2H3. The Morgan fingerprint density at radius 1 is 1.46 bits per heavy atom. The van der Waals surface area contributed by atoms with Gasteiger partial charge in [0, 0.05) is 13.1 Å². The van der Waals surface area contributed by atoms with Gasteiger partial charge in [0.2, 0.25) is 10.0 Å². The smallest absolute Gasteiger partial charge is 0.214 e. The van der Waals surface area contributed by atoms with Gasteiger partial charge in [-0.3, -0.25) is 0 Å². The number of aliphatic hydroxyl groups is 1. The van der Waals surface area contributed by atoms with Crippen molar-refractivity contribution in [2.75, 3.05) is 18.8 Å². The molecule has 0 aromatic heterocycles. The Hall–Kier alpha value is -0.130. The van der Waals surface area contributed by atoms with Gasteiger partial charge in [0.25, 0.3) is 0 Å². The average Bonchev–Trinajstić information content (AvgIpc) is 2.23. The minimum atomic E-state index is -2.99. The zero-order valence-corrected chi connectivity index (χ0v) is 8.97. The van der Waals surface area contributed by atoms with Crippen LogP contribution in [0.25, 0.3) is 0 Å². The fraction of sp³-hybridized carbons (Fsp3) is 1.00. The van der Waals surface area contributed by atoms with Gasteiger partial charge in [-0.05, 0) is 26.7 Å². The Labute approximate surface area is 79.6 Å². The molecule has 0 bridgehead atoms. The van der Waals surface area contributed by atoms with E-state index < -0.39 is 15.6 Å². The molecule has 78 valence electrons. The highest BCUT2D eigenvalue weighted by molar-refractivity contribution is 7.89. The first-order valence-corrected chi connectivity index (χ1v) is 6.12. The number of sulfonamides is 1. The van der Waals surface area contributed by atoms with Gasteiger partial charge < -0.3 is 5.11 Å². The van der Waals surface area contributed by atoms with Gasteiger partial charge >= 0.3 is 0 Å². The number of rotatable bonds is 3. The van der Waals surface area contributed by atoms with E-state index in [2.05, 4.69) is 0 Å². The van der Waals surface area contributed by atoms with Crippen LogP contribution in [0.15, 0.2) is 0 Å². The molecular formula is C8H17NO3S. The van der Waals surface area contributed by atoms with E-state index in [4.69, 9.17) is 0 Å². The first-order valence-electron chi connectivity index (χ1n) is 4.51. The third-order valence-corrected chi connectivity index (χ3v) is 4.13.